The van der Waals surface area contributed by atoms with Crippen LogP contribution in [-0.2, 0) is 0 Å². The summed E-state index contributed by atoms with van der Waals surface area (Å²) in [7, 11) is 0. The number of nitrogens with zero attached hydrogens (tertiary/aromatic N) is 1. The molecule has 246 valence electrons. The third kappa shape index (κ3) is 5.30. The quantitative estimate of drug-likeness (QED) is 0.182. The van der Waals surface area contributed by atoms with Gasteiger partial charge in [-0.2, -0.15) is 0 Å². The van der Waals surface area contributed by atoms with Crippen LogP contribution in [0.4, 0.5) is 0 Å². The third-order valence-corrected chi connectivity index (χ3v) is 11.1. The van der Waals surface area contributed by atoms with Gasteiger partial charge in [0.25, 0.3) is 0 Å². The molecule has 8 aromatic rings. The Bertz CT molecular complexity index is 2750. The van der Waals surface area contributed by atoms with Crippen molar-refractivity contribution in [2.45, 2.75) is 27.2 Å². The van der Waals surface area contributed by atoms with Crippen LogP contribution in [0.1, 0.15) is 43.9 Å². The molecule has 1 atom stereocenters. The van der Waals surface area contributed by atoms with E-state index in [0.29, 0.717) is 11.4 Å². The summed E-state index contributed by atoms with van der Waals surface area (Å²) in [6.07, 6.45) is 0.704. The minimum atomic E-state index is 0.00838. The minimum Gasteiger partial charge on any atom is -0.454 e. The van der Waals surface area contributed by atoms with Crippen molar-refractivity contribution in [2.75, 3.05) is 0 Å². The number of hydrogen-bond donors (Lipinski definition) is 0. The molecule has 0 spiro atoms. The Hall–Kier alpha value is -5.70. The van der Waals surface area contributed by atoms with Gasteiger partial charge in [0.1, 0.15) is 5.58 Å². The van der Waals surface area contributed by atoms with Gasteiger partial charge in [-0.05, 0) is 81.8 Å². The molecule has 1 unspecified atom stereocenters. The number of hydrogen-bond acceptors (Lipinski definition) is 2. The van der Waals surface area contributed by atoms with E-state index in [1.54, 1.807) is 0 Å². The van der Waals surface area contributed by atoms with Crippen molar-refractivity contribution in [1.82, 2.24) is 0 Å². The first-order valence-corrected chi connectivity index (χ1v) is 18.0. The highest BCUT2D eigenvalue weighted by atomic mass is 35.5. The van der Waals surface area contributed by atoms with E-state index in [1.807, 2.05) is 12.1 Å². The van der Waals surface area contributed by atoms with Gasteiger partial charge in [0.05, 0.1) is 16.4 Å². The highest BCUT2D eigenvalue weighted by molar-refractivity contribution is 6.41. The second kappa shape index (κ2) is 12.6. The monoisotopic (exact) mass is 677 g/mol. The van der Waals surface area contributed by atoms with Crippen LogP contribution in [0, 0.1) is 5.92 Å². The molecule has 1 aliphatic heterocycles. The second-order valence-corrected chi connectivity index (χ2v) is 14.1. The van der Waals surface area contributed by atoms with Crippen LogP contribution in [-0.4, -0.2) is 5.71 Å². The van der Waals surface area contributed by atoms with Gasteiger partial charge in [-0.15, -0.1) is 0 Å². The second-order valence-electron chi connectivity index (χ2n) is 13.7. The first-order valence-electron chi connectivity index (χ1n) is 17.6. The fourth-order valence-corrected chi connectivity index (χ4v) is 8.24. The van der Waals surface area contributed by atoms with Crippen LogP contribution in [0.15, 0.2) is 166 Å². The predicted octanol–water partition coefficient (Wildman–Crippen LogP) is 13.9. The number of benzene rings is 7. The third-order valence-electron chi connectivity index (χ3n) is 10.7. The molecule has 0 amide bonds. The standard InChI is InChI=1S/C48H36ClNO/c1-29-27-41(43-38-17-9-10-18-39(38)44-40-19-11-12-20-42(40)51-48(44)45(43)49)30(2)31(3)47(37-26-23-33-15-7-8-16-36(33)28-37)50-46(29)35-24-21-34(22-25-35)32-13-5-4-6-14-32/h4-26,28,31H,27H2,1-3H3/b41-30+,46-29+,50-47?. The number of fused-ring (bicyclic) bond motifs is 6. The number of halogens is 1. The normalized spacial score (nSPS) is 18.4. The topological polar surface area (TPSA) is 25.5 Å². The summed E-state index contributed by atoms with van der Waals surface area (Å²) < 4.78 is 6.55. The molecule has 0 aliphatic carbocycles. The van der Waals surface area contributed by atoms with Gasteiger partial charge in [-0.3, -0.25) is 4.99 Å². The number of aliphatic imine (C=N–C) groups is 1. The van der Waals surface area contributed by atoms with E-state index in [-0.39, 0.29) is 5.92 Å². The summed E-state index contributed by atoms with van der Waals surface area (Å²) in [6.45, 7) is 6.77. The Morgan fingerprint density at radius 1 is 0.608 bits per heavy atom. The lowest BCUT2D eigenvalue weighted by atomic mass is 9.81. The summed E-state index contributed by atoms with van der Waals surface area (Å²) >= 11 is 7.55. The van der Waals surface area contributed by atoms with E-state index in [2.05, 4.69) is 154 Å². The van der Waals surface area contributed by atoms with Gasteiger partial charge in [0, 0.05) is 27.8 Å². The molecule has 0 bridgehead atoms. The van der Waals surface area contributed by atoms with Crippen molar-refractivity contribution in [1.29, 1.82) is 0 Å². The fraction of sp³-hybridized carbons (Fsp3) is 0.104. The van der Waals surface area contributed by atoms with Crippen LogP contribution in [0.2, 0.25) is 5.02 Å². The van der Waals surface area contributed by atoms with Gasteiger partial charge in [-0.1, -0.05) is 158 Å². The van der Waals surface area contributed by atoms with Crippen molar-refractivity contribution < 1.29 is 4.42 Å². The molecule has 7 aromatic carbocycles. The molecular formula is C48H36ClNO. The molecule has 0 fully saturated rings. The van der Waals surface area contributed by atoms with E-state index in [4.69, 9.17) is 21.0 Å². The fourth-order valence-electron chi connectivity index (χ4n) is 7.89. The van der Waals surface area contributed by atoms with Crippen molar-refractivity contribution in [3.63, 3.8) is 0 Å². The number of allylic oxidation sites excluding steroid dienone is 3. The Labute approximate surface area is 303 Å². The molecule has 3 heteroatoms. The maximum Gasteiger partial charge on any atom is 0.155 e. The van der Waals surface area contributed by atoms with Crippen molar-refractivity contribution in [2.24, 2.45) is 10.9 Å². The zero-order valence-electron chi connectivity index (χ0n) is 28.9. The summed E-state index contributed by atoms with van der Waals surface area (Å²) in [5.74, 6) is 0.00838. The highest BCUT2D eigenvalue weighted by Gasteiger charge is 2.28. The first kappa shape index (κ1) is 31.3. The lowest BCUT2D eigenvalue weighted by Crippen LogP contribution is -2.18. The summed E-state index contributed by atoms with van der Waals surface area (Å²) in [6, 6.07) is 51.5. The Kier molecular flexibility index (Phi) is 7.71. The molecule has 0 saturated carbocycles. The van der Waals surface area contributed by atoms with Crippen LogP contribution in [0.5, 0.6) is 0 Å². The van der Waals surface area contributed by atoms with E-state index in [9.17, 15) is 0 Å². The van der Waals surface area contributed by atoms with E-state index in [1.165, 1.54) is 38.6 Å². The summed E-state index contributed by atoms with van der Waals surface area (Å²) in [5.41, 5.74) is 12.9. The maximum absolute atomic E-state index is 7.55. The van der Waals surface area contributed by atoms with E-state index >= 15 is 0 Å². The van der Waals surface area contributed by atoms with E-state index < -0.39 is 0 Å². The molecule has 0 radical (unpaired) electrons. The number of para-hydroxylation sites is 1. The van der Waals surface area contributed by atoms with Crippen molar-refractivity contribution in [3.05, 3.63) is 178 Å². The Morgan fingerprint density at radius 3 is 2.00 bits per heavy atom. The van der Waals surface area contributed by atoms with E-state index in [0.717, 1.165) is 60.8 Å². The average Bonchev–Trinajstić information content (AvgIpc) is 3.58. The molecule has 1 aromatic heterocycles. The number of furan rings is 1. The smallest absolute Gasteiger partial charge is 0.155 e. The van der Waals surface area contributed by atoms with Crippen LogP contribution in [0.3, 0.4) is 0 Å². The first-order chi connectivity index (χ1) is 25.0. The summed E-state index contributed by atoms with van der Waals surface area (Å²) in [4.78, 5) is 5.60. The van der Waals surface area contributed by atoms with Gasteiger partial charge >= 0.3 is 0 Å². The van der Waals surface area contributed by atoms with Crippen LogP contribution in [0.25, 0.3) is 65.9 Å². The number of rotatable bonds is 4. The van der Waals surface area contributed by atoms with Crippen LogP contribution >= 0.6 is 11.6 Å². The predicted molar refractivity (Wildman–Crippen MR) is 218 cm³/mol. The molecule has 0 N–H and O–H groups in total. The zero-order valence-corrected chi connectivity index (χ0v) is 29.6. The molecule has 51 heavy (non-hydrogen) atoms. The average molecular weight is 678 g/mol. The highest BCUT2D eigenvalue weighted by Crippen LogP contribution is 2.48. The molecule has 1 aliphatic rings. The SMILES string of the molecule is C/C1=C(/c2ccc(-c3ccccc3)cc2)N=C(c2ccc3ccccc3c2)C(C)/C(C)=C(/c2c(Cl)c3oc4ccccc4c3c3ccccc23)C1. The van der Waals surface area contributed by atoms with Crippen molar-refractivity contribution in [3.8, 4) is 11.1 Å². The Balaban J connectivity index is 1.30. The summed E-state index contributed by atoms with van der Waals surface area (Å²) in [5, 5.41) is 7.51. The minimum absolute atomic E-state index is 0.00838. The lowest BCUT2D eigenvalue weighted by Gasteiger charge is -2.26. The Morgan fingerprint density at radius 2 is 1.22 bits per heavy atom. The van der Waals surface area contributed by atoms with Crippen molar-refractivity contribution >= 4 is 72.1 Å². The molecule has 2 nitrogen and oxygen atoms in total. The molecule has 0 saturated heterocycles. The van der Waals surface area contributed by atoms with Gasteiger partial charge in [0.2, 0.25) is 0 Å². The molecule has 9 rings (SSSR count). The van der Waals surface area contributed by atoms with Gasteiger partial charge in [-0.25, -0.2) is 0 Å². The largest absolute Gasteiger partial charge is 0.454 e. The van der Waals surface area contributed by atoms with Gasteiger partial charge < -0.3 is 4.42 Å². The molecular weight excluding hydrogens is 642 g/mol. The zero-order chi connectivity index (χ0) is 34.6. The molecule has 2 heterocycles. The lowest BCUT2D eigenvalue weighted by molar-refractivity contribution is 0.669. The van der Waals surface area contributed by atoms with Crippen LogP contribution < -0.4 is 0 Å². The maximum atomic E-state index is 7.55. The van der Waals surface area contributed by atoms with Gasteiger partial charge in [0.15, 0.2) is 5.58 Å².